The summed E-state index contributed by atoms with van der Waals surface area (Å²) in [5.74, 6) is 0.883. The maximum atomic E-state index is 12.3. The average molecular weight is 383 g/mol. The molecule has 0 unspecified atom stereocenters. The Morgan fingerprint density at radius 2 is 1.89 bits per heavy atom. The molecule has 1 N–H and O–H groups in total. The second-order valence-electron chi connectivity index (χ2n) is 7.27. The Morgan fingerprint density at radius 1 is 1.14 bits per heavy atom. The van der Waals surface area contributed by atoms with Crippen LogP contribution in [0, 0.1) is 6.92 Å². The van der Waals surface area contributed by atoms with Gasteiger partial charge in [0, 0.05) is 25.7 Å². The Labute approximate surface area is 167 Å². The zero-order chi connectivity index (χ0) is 20.7. The lowest BCUT2D eigenvalue weighted by Gasteiger charge is -2.19. The van der Waals surface area contributed by atoms with Crippen LogP contribution in [0.4, 0.5) is 5.69 Å². The van der Waals surface area contributed by atoms with Crippen molar-refractivity contribution in [2.24, 2.45) is 0 Å². The standard InChI is InChI=1S/C23H30N2O3/c1-6-25(18(5)26)14-19-8-7-9-20(13-19)24-23(27)15-28-22-12-17(4)10-11-21(22)16(2)3/h7-13,16H,6,14-15H2,1-5H3,(H,24,27). The highest BCUT2D eigenvalue weighted by atomic mass is 16.5. The fourth-order valence-corrected chi connectivity index (χ4v) is 3.00. The van der Waals surface area contributed by atoms with E-state index in [4.69, 9.17) is 4.74 Å². The first-order valence-corrected chi connectivity index (χ1v) is 9.67. The van der Waals surface area contributed by atoms with Crippen molar-refractivity contribution in [3.63, 3.8) is 0 Å². The smallest absolute Gasteiger partial charge is 0.262 e. The predicted octanol–water partition coefficient (Wildman–Crippen LogP) is 4.50. The van der Waals surface area contributed by atoms with E-state index in [1.165, 1.54) is 0 Å². The second kappa shape index (κ2) is 9.93. The number of anilines is 1. The molecule has 0 aromatic heterocycles. The van der Waals surface area contributed by atoms with E-state index < -0.39 is 0 Å². The molecule has 0 aliphatic rings. The minimum atomic E-state index is -0.215. The van der Waals surface area contributed by atoms with E-state index in [9.17, 15) is 9.59 Å². The molecule has 0 saturated carbocycles. The van der Waals surface area contributed by atoms with Gasteiger partial charge in [0.05, 0.1) is 0 Å². The monoisotopic (exact) mass is 382 g/mol. The molecule has 0 spiro atoms. The van der Waals surface area contributed by atoms with Crippen molar-refractivity contribution >= 4 is 17.5 Å². The van der Waals surface area contributed by atoms with Crippen LogP contribution in [0.3, 0.4) is 0 Å². The Bertz CT molecular complexity index is 830. The molecule has 0 heterocycles. The van der Waals surface area contributed by atoms with Crippen LogP contribution < -0.4 is 10.1 Å². The van der Waals surface area contributed by atoms with Crippen molar-refractivity contribution in [3.05, 3.63) is 59.2 Å². The summed E-state index contributed by atoms with van der Waals surface area (Å²) in [6.07, 6.45) is 0. The normalized spacial score (nSPS) is 10.6. The lowest BCUT2D eigenvalue weighted by Crippen LogP contribution is -2.27. The van der Waals surface area contributed by atoms with E-state index in [2.05, 4.69) is 19.2 Å². The molecule has 2 amide bonds. The van der Waals surface area contributed by atoms with Crippen LogP contribution in [0.15, 0.2) is 42.5 Å². The third kappa shape index (κ3) is 6.12. The van der Waals surface area contributed by atoms with Crippen molar-refractivity contribution in [2.75, 3.05) is 18.5 Å². The van der Waals surface area contributed by atoms with E-state index in [0.29, 0.717) is 24.7 Å². The third-order valence-electron chi connectivity index (χ3n) is 4.56. The van der Waals surface area contributed by atoms with Gasteiger partial charge in [0.1, 0.15) is 5.75 Å². The number of rotatable bonds is 8. The Kier molecular flexibility index (Phi) is 7.61. The van der Waals surface area contributed by atoms with Crippen LogP contribution in [0.5, 0.6) is 5.75 Å². The first-order chi connectivity index (χ1) is 13.3. The number of carbonyl (C=O) groups is 2. The van der Waals surface area contributed by atoms with Gasteiger partial charge in [-0.1, -0.05) is 38.1 Å². The molecule has 150 valence electrons. The van der Waals surface area contributed by atoms with Gasteiger partial charge < -0.3 is 15.0 Å². The van der Waals surface area contributed by atoms with E-state index in [1.807, 2.05) is 56.3 Å². The van der Waals surface area contributed by atoms with Gasteiger partial charge in [0.2, 0.25) is 5.91 Å². The number of hydrogen-bond acceptors (Lipinski definition) is 3. The summed E-state index contributed by atoms with van der Waals surface area (Å²) in [6.45, 7) is 10.8. The number of amides is 2. The van der Waals surface area contributed by atoms with Gasteiger partial charge in [-0.05, 0) is 54.7 Å². The summed E-state index contributed by atoms with van der Waals surface area (Å²) in [6, 6.07) is 13.6. The molecule has 2 aromatic carbocycles. The Morgan fingerprint density at radius 3 is 2.54 bits per heavy atom. The molecule has 28 heavy (non-hydrogen) atoms. The molecule has 2 aromatic rings. The predicted molar refractivity (Wildman–Crippen MR) is 113 cm³/mol. The van der Waals surface area contributed by atoms with Crippen molar-refractivity contribution in [3.8, 4) is 5.75 Å². The van der Waals surface area contributed by atoms with E-state index in [0.717, 1.165) is 22.4 Å². The number of nitrogens with one attached hydrogen (secondary N) is 1. The minimum absolute atomic E-state index is 0.0319. The Balaban J connectivity index is 2.00. The first kappa shape index (κ1) is 21.5. The van der Waals surface area contributed by atoms with Gasteiger partial charge >= 0.3 is 0 Å². The molecule has 5 heteroatoms. The number of ether oxygens (including phenoxy) is 1. The highest BCUT2D eigenvalue weighted by Crippen LogP contribution is 2.27. The van der Waals surface area contributed by atoms with Crippen molar-refractivity contribution in [2.45, 2.75) is 47.1 Å². The largest absolute Gasteiger partial charge is 0.483 e. The van der Waals surface area contributed by atoms with Gasteiger partial charge in [-0.25, -0.2) is 0 Å². The summed E-state index contributed by atoms with van der Waals surface area (Å²) in [7, 11) is 0. The summed E-state index contributed by atoms with van der Waals surface area (Å²) in [5, 5.41) is 2.87. The van der Waals surface area contributed by atoms with Gasteiger partial charge in [0.15, 0.2) is 6.61 Å². The minimum Gasteiger partial charge on any atom is -0.483 e. The topological polar surface area (TPSA) is 58.6 Å². The zero-order valence-electron chi connectivity index (χ0n) is 17.4. The lowest BCUT2D eigenvalue weighted by atomic mass is 10.0. The molecule has 5 nitrogen and oxygen atoms in total. The van der Waals surface area contributed by atoms with Crippen LogP contribution in [0.2, 0.25) is 0 Å². The number of carbonyl (C=O) groups excluding carboxylic acids is 2. The highest BCUT2D eigenvalue weighted by Gasteiger charge is 2.11. The number of nitrogens with zero attached hydrogens (tertiary/aromatic N) is 1. The SMILES string of the molecule is CCN(Cc1cccc(NC(=O)COc2cc(C)ccc2C(C)C)c1)C(C)=O. The highest BCUT2D eigenvalue weighted by molar-refractivity contribution is 5.92. The summed E-state index contributed by atoms with van der Waals surface area (Å²) in [5.41, 5.74) is 3.85. The van der Waals surface area contributed by atoms with Gasteiger partial charge in [-0.3, -0.25) is 9.59 Å². The third-order valence-corrected chi connectivity index (χ3v) is 4.56. The molecular formula is C23H30N2O3. The summed E-state index contributed by atoms with van der Waals surface area (Å²) >= 11 is 0. The summed E-state index contributed by atoms with van der Waals surface area (Å²) in [4.78, 5) is 25.7. The van der Waals surface area contributed by atoms with Gasteiger partial charge in [0.25, 0.3) is 5.91 Å². The van der Waals surface area contributed by atoms with Crippen LogP contribution >= 0.6 is 0 Å². The van der Waals surface area contributed by atoms with Gasteiger partial charge in [-0.2, -0.15) is 0 Å². The zero-order valence-corrected chi connectivity index (χ0v) is 17.4. The average Bonchev–Trinajstić information content (AvgIpc) is 2.64. The Hall–Kier alpha value is -2.82. The molecule has 0 aliphatic carbocycles. The molecule has 0 radical (unpaired) electrons. The molecule has 0 atom stereocenters. The number of benzene rings is 2. The van der Waals surface area contributed by atoms with Crippen molar-refractivity contribution in [1.82, 2.24) is 4.90 Å². The molecule has 0 bridgehead atoms. The molecule has 0 fully saturated rings. The van der Waals surface area contributed by atoms with Crippen molar-refractivity contribution in [1.29, 1.82) is 0 Å². The fraction of sp³-hybridized carbons (Fsp3) is 0.391. The quantitative estimate of drug-likeness (QED) is 0.731. The van der Waals surface area contributed by atoms with Crippen LogP contribution in [-0.4, -0.2) is 29.9 Å². The first-order valence-electron chi connectivity index (χ1n) is 9.67. The molecular weight excluding hydrogens is 352 g/mol. The van der Waals surface area contributed by atoms with Crippen LogP contribution in [0.1, 0.15) is 50.3 Å². The van der Waals surface area contributed by atoms with Crippen LogP contribution in [0.25, 0.3) is 0 Å². The van der Waals surface area contributed by atoms with Crippen molar-refractivity contribution < 1.29 is 14.3 Å². The summed E-state index contributed by atoms with van der Waals surface area (Å²) < 4.78 is 5.79. The molecule has 0 aliphatic heterocycles. The molecule has 0 saturated heterocycles. The fourth-order valence-electron chi connectivity index (χ4n) is 3.00. The second-order valence-corrected chi connectivity index (χ2v) is 7.27. The number of aryl methyl sites for hydroxylation is 1. The van der Waals surface area contributed by atoms with Gasteiger partial charge in [-0.15, -0.1) is 0 Å². The lowest BCUT2D eigenvalue weighted by molar-refractivity contribution is -0.129. The van der Waals surface area contributed by atoms with E-state index in [1.54, 1.807) is 11.8 Å². The maximum absolute atomic E-state index is 12.3. The van der Waals surface area contributed by atoms with E-state index >= 15 is 0 Å². The maximum Gasteiger partial charge on any atom is 0.262 e. The van der Waals surface area contributed by atoms with E-state index in [-0.39, 0.29) is 18.4 Å². The number of hydrogen-bond donors (Lipinski definition) is 1. The molecule has 2 rings (SSSR count). The van der Waals surface area contributed by atoms with Crippen LogP contribution in [-0.2, 0) is 16.1 Å².